The minimum absolute atomic E-state index is 0.00185. The summed E-state index contributed by atoms with van der Waals surface area (Å²) in [5, 5.41) is 21.8. The molecule has 1 fully saturated rings. The second-order valence-corrected chi connectivity index (χ2v) is 4.45. The highest BCUT2D eigenvalue weighted by molar-refractivity contribution is 6.05. The number of β-lactam (4-membered cyclic amide) rings is 1. The van der Waals surface area contributed by atoms with Crippen LogP contribution >= 0.6 is 0 Å². The summed E-state index contributed by atoms with van der Waals surface area (Å²) in [5.41, 5.74) is 2.70. The van der Waals surface area contributed by atoms with Crippen molar-refractivity contribution in [2.45, 2.75) is 12.6 Å². The normalized spacial score (nSPS) is 20.3. The predicted molar refractivity (Wildman–Crippen MR) is 68.5 cm³/mol. The first-order valence-electron chi connectivity index (χ1n) is 6.09. The van der Waals surface area contributed by atoms with E-state index in [2.05, 4.69) is 10.8 Å². The van der Waals surface area contributed by atoms with E-state index in [4.69, 9.17) is 9.94 Å². The number of aliphatic hydroxyl groups excluding tert-OH is 1. The van der Waals surface area contributed by atoms with Crippen molar-refractivity contribution in [3.63, 3.8) is 0 Å². The fourth-order valence-electron chi connectivity index (χ4n) is 1.86. The molecule has 1 saturated heterocycles. The number of rotatable bonds is 6. The summed E-state index contributed by atoms with van der Waals surface area (Å²) in [5.74, 6) is -2.07. The molecule has 0 bridgehead atoms. The number of nitrogens with zero attached hydrogens (tertiary/aromatic N) is 1. The van der Waals surface area contributed by atoms with E-state index >= 15 is 0 Å². The summed E-state index contributed by atoms with van der Waals surface area (Å²) >= 11 is 0. The Morgan fingerprint density at radius 2 is 2.10 bits per heavy atom. The smallest absolute Gasteiger partial charge is 0.269 e. The van der Waals surface area contributed by atoms with Crippen LogP contribution in [0.3, 0.4) is 0 Å². The van der Waals surface area contributed by atoms with E-state index in [-0.39, 0.29) is 18.9 Å². The highest BCUT2D eigenvalue weighted by Gasteiger charge is 2.44. The van der Waals surface area contributed by atoms with Gasteiger partial charge in [0, 0.05) is 12.1 Å². The van der Waals surface area contributed by atoms with Gasteiger partial charge < -0.3 is 10.4 Å². The number of amides is 2. The van der Waals surface area contributed by atoms with Crippen LogP contribution in [-0.4, -0.2) is 34.5 Å². The Morgan fingerprint density at radius 3 is 2.62 bits per heavy atom. The van der Waals surface area contributed by atoms with Crippen LogP contribution in [-0.2, 0) is 21.0 Å². The van der Waals surface area contributed by atoms with E-state index in [1.54, 1.807) is 0 Å². The number of nitro groups is 1. The molecule has 112 valence electrons. The number of carbonyl (C=O) groups excluding carboxylic acids is 2. The van der Waals surface area contributed by atoms with Crippen LogP contribution in [0.5, 0.6) is 0 Å². The average molecular weight is 295 g/mol. The van der Waals surface area contributed by atoms with Gasteiger partial charge >= 0.3 is 0 Å². The number of hydroxylamine groups is 1. The summed E-state index contributed by atoms with van der Waals surface area (Å²) in [6.07, 6.45) is 0. The molecule has 2 rings (SSSR count). The first-order chi connectivity index (χ1) is 10.0. The molecule has 3 N–H and O–H groups in total. The Kier molecular flexibility index (Phi) is 4.45. The Morgan fingerprint density at radius 1 is 1.43 bits per heavy atom. The van der Waals surface area contributed by atoms with Gasteiger partial charge in [0.2, 0.25) is 5.91 Å². The fourth-order valence-corrected chi connectivity index (χ4v) is 1.86. The molecule has 2 atom stereocenters. The third-order valence-electron chi connectivity index (χ3n) is 3.05. The van der Waals surface area contributed by atoms with E-state index in [9.17, 15) is 19.7 Å². The highest BCUT2D eigenvalue weighted by atomic mass is 16.7. The molecule has 1 aliphatic rings. The zero-order valence-corrected chi connectivity index (χ0v) is 10.8. The molecular weight excluding hydrogens is 282 g/mol. The van der Waals surface area contributed by atoms with Gasteiger partial charge in [0.15, 0.2) is 0 Å². The van der Waals surface area contributed by atoms with Crippen LogP contribution in [0, 0.1) is 16.0 Å². The van der Waals surface area contributed by atoms with Gasteiger partial charge in [-0.25, -0.2) is 5.48 Å². The number of carbonyl (C=O) groups is 2. The lowest BCUT2D eigenvalue weighted by molar-refractivity contribution is -0.384. The highest BCUT2D eigenvalue weighted by Crippen LogP contribution is 2.15. The largest absolute Gasteiger partial charge is 0.394 e. The molecule has 1 heterocycles. The quantitative estimate of drug-likeness (QED) is 0.274. The first-order valence-corrected chi connectivity index (χ1v) is 6.09. The molecule has 1 aromatic carbocycles. The lowest BCUT2D eigenvalue weighted by Crippen LogP contribution is -2.64. The number of nitrogens with one attached hydrogen (secondary N) is 2. The molecule has 2 amide bonds. The minimum Gasteiger partial charge on any atom is -0.394 e. The molecule has 0 spiro atoms. The van der Waals surface area contributed by atoms with E-state index in [1.165, 1.54) is 24.3 Å². The Bertz CT molecular complexity index is 559. The zero-order valence-electron chi connectivity index (χ0n) is 10.8. The molecule has 0 aliphatic carbocycles. The van der Waals surface area contributed by atoms with E-state index in [1.807, 2.05) is 0 Å². The van der Waals surface area contributed by atoms with Crippen molar-refractivity contribution in [1.82, 2.24) is 10.8 Å². The van der Waals surface area contributed by atoms with Crippen LogP contribution in [0.1, 0.15) is 5.56 Å². The summed E-state index contributed by atoms with van der Waals surface area (Å²) in [4.78, 5) is 37.7. The number of nitro benzene ring substituents is 1. The van der Waals surface area contributed by atoms with Crippen LogP contribution < -0.4 is 10.8 Å². The number of non-ortho nitro benzene ring substituents is 1. The van der Waals surface area contributed by atoms with Gasteiger partial charge in [-0.05, 0) is 17.7 Å². The van der Waals surface area contributed by atoms with Gasteiger partial charge in [-0.15, -0.1) is 0 Å². The van der Waals surface area contributed by atoms with Gasteiger partial charge in [-0.3, -0.25) is 24.5 Å². The predicted octanol–water partition coefficient (Wildman–Crippen LogP) is -0.751. The molecule has 1 aliphatic heterocycles. The maximum Gasteiger partial charge on any atom is 0.269 e. The minimum atomic E-state index is -0.966. The van der Waals surface area contributed by atoms with Crippen LogP contribution in [0.25, 0.3) is 0 Å². The first kappa shape index (κ1) is 14.9. The monoisotopic (exact) mass is 295 g/mol. The maximum absolute atomic E-state index is 11.6. The Hall–Kier alpha value is -2.52. The number of benzene rings is 1. The second kappa shape index (κ2) is 6.29. The molecule has 21 heavy (non-hydrogen) atoms. The zero-order chi connectivity index (χ0) is 15.4. The molecule has 0 saturated carbocycles. The van der Waals surface area contributed by atoms with Crippen molar-refractivity contribution >= 4 is 17.5 Å². The molecule has 0 aromatic heterocycles. The van der Waals surface area contributed by atoms with Gasteiger partial charge in [0.1, 0.15) is 5.92 Å². The van der Waals surface area contributed by atoms with Crippen LogP contribution in [0.4, 0.5) is 5.69 Å². The molecule has 9 heteroatoms. The number of hydrogen-bond acceptors (Lipinski definition) is 6. The topological polar surface area (TPSA) is 131 Å². The molecule has 9 nitrogen and oxygen atoms in total. The summed E-state index contributed by atoms with van der Waals surface area (Å²) < 4.78 is 0. The Labute approximate surface area is 119 Å². The average Bonchev–Trinajstić information content (AvgIpc) is 2.45. The SMILES string of the molecule is O=C(NOCc1ccc([N+](=O)[O-])cc1)C1C(=O)NC1CO. The lowest BCUT2D eigenvalue weighted by atomic mass is 9.90. The standard InChI is InChI=1S/C12H13N3O6/c16-5-9-10(11(17)13-9)12(18)14-21-6-7-1-3-8(4-2-7)15(19)20/h1-4,9-10,16H,5-6H2,(H,13,17)(H,14,18). The Balaban J connectivity index is 1.80. The molecular formula is C12H13N3O6. The molecule has 0 radical (unpaired) electrons. The third-order valence-corrected chi connectivity index (χ3v) is 3.05. The number of hydrogen-bond donors (Lipinski definition) is 3. The number of aliphatic hydroxyl groups is 1. The van der Waals surface area contributed by atoms with Gasteiger partial charge in [0.05, 0.1) is 24.2 Å². The van der Waals surface area contributed by atoms with Crippen LogP contribution in [0.15, 0.2) is 24.3 Å². The van der Waals surface area contributed by atoms with E-state index < -0.39 is 28.7 Å². The van der Waals surface area contributed by atoms with E-state index in [0.717, 1.165) is 0 Å². The van der Waals surface area contributed by atoms with Crippen LogP contribution in [0.2, 0.25) is 0 Å². The summed E-state index contributed by atoms with van der Waals surface area (Å²) in [7, 11) is 0. The van der Waals surface area contributed by atoms with Crippen molar-refractivity contribution in [3.05, 3.63) is 39.9 Å². The summed E-state index contributed by atoms with van der Waals surface area (Å²) in [6.45, 7) is -0.325. The molecule has 1 aromatic rings. The van der Waals surface area contributed by atoms with Crippen molar-refractivity contribution in [1.29, 1.82) is 0 Å². The van der Waals surface area contributed by atoms with Gasteiger partial charge in [-0.2, -0.15) is 0 Å². The van der Waals surface area contributed by atoms with Crippen molar-refractivity contribution < 1.29 is 24.5 Å². The fraction of sp³-hybridized carbons (Fsp3) is 0.333. The van der Waals surface area contributed by atoms with Crippen molar-refractivity contribution in [2.75, 3.05) is 6.61 Å². The summed E-state index contributed by atoms with van der Waals surface area (Å²) in [6, 6.07) is 5.04. The van der Waals surface area contributed by atoms with Crippen molar-refractivity contribution in [2.24, 2.45) is 5.92 Å². The van der Waals surface area contributed by atoms with Gasteiger partial charge in [-0.1, -0.05) is 0 Å². The lowest BCUT2D eigenvalue weighted by Gasteiger charge is -2.33. The maximum atomic E-state index is 11.6. The van der Waals surface area contributed by atoms with Crippen molar-refractivity contribution in [3.8, 4) is 0 Å². The third kappa shape index (κ3) is 3.33. The second-order valence-electron chi connectivity index (χ2n) is 4.45. The molecule has 2 unspecified atom stereocenters. The van der Waals surface area contributed by atoms with E-state index in [0.29, 0.717) is 5.56 Å². The van der Waals surface area contributed by atoms with Gasteiger partial charge in [0.25, 0.3) is 11.6 Å².